The van der Waals surface area contributed by atoms with Gasteiger partial charge in [0.05, 0.1) is 35.9 Å². The van der Waals surface area contributed by atoms with Crippen molar-refractivity contribution in [2.45, 2.75) is 6.54 Å². The summed E-state index contributed by atoms with van der Waals surface area (Å²) < 4.78 is 7.58. The second-order valence-corrected chi connectivity index (χ2v) is 7.98. The fraction of sp³-hybridized carbons (Fsp3) is 0.261. The number of imidazole rings is 1. The molecule has 4 heterocycles. The van der Waals surface area contributed by atoms with E-state index in [0.29, 0.717) is 16.7 Å². The summed E-state index contributed by atoms with van der Waals surface area (Å²) in [7, 11) is 1.66. The average Bonchev–Trinajstić information content (AvgIpc) is 3.26. The first kappa shape index (κ1) is 20.7. The molecule has 1 N–H and O–H groups in total. The summed E-state index contributed by atoms with van der Waals surface area (Å²) >= 11 is 6.43. The van der Waals surface area contributed by atoms with Gasteiger partial charge in [0.15, 0.2) is 0 Å². The molecular formula is C23H23ClN7O. The van der Waals surface area contributed by atoms with E-state index in [1.54, 1.807) is 19.5 Å². The summed E-state index contributed by atoms with van der Waals surface area (Å²) in [4.78, 5) is 15.9. The van der Waals surface area contributed by atoms with Gasteiger partial charge < -0.3 is 10.1 Å². The molecule has 1 aromatic carbocycles. The molecule has 5 rings (SSSR count). The standard InChI is InChI=1S/C23H23ClN7O/c1-32-20-12-16(15-30-10-7-25-8-11-30)5-6-18(20)28-23-27-13-17(24)22(29-23)19-14-26-21-4-2-3-9-31(19)21/h2-6,9,12-14H,7-8,10-11,15H2,1H3,(H,27,28,29). The summed E-state index contributed by atoms with van der Waals surface area (Å²) in [6.45, 7) is 4.67. The Bertz CT molecular complexity index is 1240. The van der Waals surface area contributed by atoms with E-state index in [4.69, 9.17) is 16.3 Å². The SMILES string of the molecule is COc1cc(CN2CC[N]CC2)ccc1Nc1ncc(Cl)c(-c2cnc3ccccn23)n1. The van der Waals surface area contributed by atoms with Gasteiger partial charge in [-0.15, -0.1) is 0 Å². The van der Waals surface area contributed by atoms with Crippen LogP contribution in [0.15, 0.2) is 55.0 Å². The molecule has 1 fully saturated rings. The number of nitrogens with one attached hydrogen (secondary N) is 1. The molecule has 32 heavy (non-hydrogen) atoms. The highest BCUT2D eigenvalue weighted by Crippen LogP contribution is 2.31. The second-order valence-electron chi connectivity index (χ2n) is 7.57. The molecule has 3 aromatic heterocycles. The topological polar surface area (TPSA) is 81.7 Å². The van der Waals surface area contributed by atoms with E-state index >= 15 is 0 Å². The fourth-order valence-corrected chi connectivity index (χ4v) is 4.02. The third kappa shape index (κ3) is 4.25. The molecule has 1 aliphatic rings. The Balaban J connectivity index is 1.41. The first-order valence-electron chi connectivity index (χ1n) is 10.5. The van der Waals surface area contributed by atoms with Crippen LogP contribution in [-0.2, 0) is 6.54 Å². The molecule has 8 nitrogen and oxygen atoms in total. The molecule has 0 saturated carbocycles. The van der Waals surface area contributed by atoms with Gasteiger partial charge in [-0.3, -0.25) is 9.30 Å². The zero-order valence-corrected chi connectivity index (χ0v) is 18.5. The number of aromatic nitrogens is 4. The molecule has 0 spiro atoms. The van der Waals surface area contributed by atoms with Gasteiger partial charge in [0, 0.05) is 38.9 Å². The highest BCUT2D eigenvalue weighted by atomic mass is 35.5. The Morgan fingerprint density at radius 2 is 1.97 bits per heavy atom. The van der Waals surface area contributed by atoms with E-state index < -0.39 is 0 Å². The normalized spacial score (nSPS) is 14.6. The molecule has 1 radical (unpaired) electrons. The number of halogens is 1. The molecule has 0 atom stereocenters. The molecule has 0 unspecified atom stereocenters. The Labute approximate surface area is 191 Å². The number of ether oxygens (including phenoxy) is 1. The minimum Gasteiger partial charge on any atom is -0.495 e. The highest BCUT2D eigenvalue weighted by molar-refractivity contribution is 6.32. The van der Waals surface area contributed by atoms with E-state index in [-0.39, 0.29) is 0 Å². The monoisotopic (exact) mass is 448 g/mol. The van der Waals surface area contributed by atoms with Crippen molar-refractivity contribution in [1.82, 2.24) is 29.6 Å². The lowest BCUT2D eigenvalue weighted by molar-refractivity contribution is 0.230. The van der Waals surface area contributed by atoms with Crippen molar-refractivity contribution in [3.8, 4) is 17.1 Å². The number of hydrogen-bond acceptors (Lipinski definition) is 6. The zero-order valence-electron chi connectivity index (χ0n) is 17.7. The largest absolute Gasteiger partial charge is 0.495 e. The fourth-order valence-electron chi connectivity index (χ4n) is 3.84. The zero-order chi connectivity index (χ0) is 21.9. The predicted octanol–water partition coefficient (Wildman–Crippen LogP) is 3.62. The van der Waals surface area contributed by atoms with Crippen molar-refractivity contribution < 1.29 is 4.74 Å². The van der Waals surface area contributed by atoms with Crippen LogP contribution >= 0.6 is 11.6 Å². The van der Waals surface area contributed by atoms with E-state index in [2.05, 4.69) is 42.6 Å². The van der Waals surface area contributed by atoms with Gasteiger partial charge in [0.2, 0.25) is 5.95 Å². The van der Waals surface area contributed by atoms with Gasteiger partial charge in [-0.1, -0.05) is 23.7 Å². The Hall–Kier alpha value is -3.20. The lowest BCUT2D eigenvalue weighted by atomic mass is 10.1. The lowest BCUT2D eigenvalue weighted by Crippen LogP contribution is -2.39. The van der Waals surface area contributed by atoms with Crippen LogP contribution in [0.1, 0.15) is 5.56 Å². The molecule has 0 amide bonds. The third-order valence-electron chi connectivity index (χ3n) is 5.47. The number of piperazine rings is 1. The average molecular weight is 449 g/mol. The van der Waals surface area contributed by atoms with Crippen molar-refractivity contribution in [2.75, 3.05) is 38.6 Å². The summed E-state index contributed by atoms with van der Waals surface area (Å²) in [6.07, 6.45) is 5.29. The van der Waals surface area contributed by atoms with Crippen LogP contribution in [0.4, 0.5) is 11.6 Å². The summed E-state index contributed by atoms with van der Waals surface area (Å²) in [5, 5.41) is 8.13. The maximum absolute atomic E-state index is 6.43. The van der Waals surface area contributed by atoms with Crippen LogP contribution in [0, 0.1) is 0 Å². The molecule has 9 heteroatoms. The maximum atomic E-state index is 6.43. The molecular weight excluding hydrogens is 426 g/mol. The van der Waals surface area contributed by atoms with Gasteiger partial charge in [0.1, 0.15) is 17.1 Å². The van der Waals surface area contributed by atoms with Gasteiger partial charge in [-0.05, 0) is 29.8 Å². The smallest absolute Gasteiger partial charge is 0.227 e. The van der Waals surface area contributed by atoms with Crippen LogP contribution in [-0.4, -0.2) is 57.5 Å². The number of hydrogen-bond donors (Lipinski definition) is 1. The summed E-state index contributed by atoms with van der Waals surface area (Å²) in [5.74, 6) is 1.16. The third-order valence-corrected chi connectivity index (χ3v) is 5.75. The van der Waals surface area contributed by atoms with Crippen molar-refractivity contribution in [1.29, 1.82) is 0 Å². The van der Waals surface area contributed by atoms with Crippen LogP contribution in [0.2, 0.25) is 5.02 Å². The number of benzene rings is 1. The maximum Gasteiger partial charge on any atom is 0.227 e. The number of pyridine rings is 1. The van der Waals surface area contributed by atoms with E-state index in [1.165, 1.54) is 5.56 Å². The van der Waals surface area contributed by atoms with Crippen molar-refractivity contribution in [2.24, 2.45) is 0 Å². The minimum absolute atomic E-state index is 0.430. The second kappa shape index (κ2) is 9.12. The molecule has 0 aliphatic carbocycles. The highest BCUT2D eigenvalue weighted by Gasteiger charge is 2.15. The first-order valence-corrected chi connectivity index (χ1v) is 10.8. The number of fused-ring (bicyclic) bond motifs is 1. The molecule has 4 aromatic rings. The van der Waals surface area contributed by atoms with Gasteiger partial charge in [-0.2, -0.15) is 0 Å². The number of rotatable bonds is 6. The summed E-state index contributed by atoms with van der Waals surface area (Å²) in [5.41, 5.74) is 4.21. The Morgan fingerprint density at radius 3 is 2.81 bits per heavy atom. The quantitative estimate of drug-likeness (QED) is 0.485. The van der Waals surface area contributed by atoms with E-state index in [1.807, 2.05) is 34.9 Å². The van der Waals surface area contributed by atoms with Gasteiger partial charge in [-0.25, -0.2) is 20.3 Å². The number of nitrogens with zero attached hydrogens (tertiary/aromatic N) is 6. The van der Waals surface area contributed by atoms with Crippen molar-refractivity contribution in [3.05, 3.63) is 65.6 Å². The van der Waals surface area contributed by atoms with Crippen LogP contribution < -0.4 is 15.4 Å². The van der Waals surface area contributed by atoms with Crippen LogP contribution in [0.5, 0.6) is 5.75 Å². The molecule has 0 bridgehead atoms. The van der Waals surface area contributed by atoms with Gasteiger partial charge >= 0.3 is 0 Å². The van der Waals surface area contributed by atoms with Crippen molar-refractivity contribution in [3.63, 3.8) is 0 Å². The van der Waals surface area contributed by atoms with Gasteiger partial charge in [0.25, 0.3) is 0 Å². The number of anilines is 2. The van der Waals surface area contributed by atoms with E-state index in [9.17, 15) is 0 Å². The molecule has 1 aliphatic heterocycles. The first-order chi connectivity index (χ1) is 15.7. The minimum atomic E-state index is 0.430. The Kier molecular flexibility index (Phi) is 5.89. The molecule has 163 valence electrons. The Morgan fingerprint density at radius 1 is 1.09 bits per heavy atom. The van der Waals surface area contributed by atoms with Crippen LogP contribution in [0.25, 0.3) is 17.0 Å². The molecule has 1 saturated heterocycles. The van der Waals surface area contributed by atoms with Crippen molar-refractivity contribution >= 4 is 28.9 Å². The number of methoxy groups -OCH3 is 1. The lowest BCUT2D eigenvalue weighted by Gasteiger charge is -2.26. The summed E-state index contributed by atoms with van der Waals surface area (Å²) in [6, 6.07) is 12.0. The van der Waals surface area contributed by atoms with Crippen LogP contribution in [0.3, 0.4) is 0 Å². The van der Waals surface area contributed by atoms with E-state index in [0.717, 1.165) is 55.5 Å². The predicted molar refractivity (Wildman–Crippen MR) is 125 cm³/mol.